The topological polar surface area (TPSA) is 24.1 Å². The fourth-order valence-corrected chi connectivity index (χ4v) is 2.25. The first-order chi connectivity index (χ1) is 7.27. The number of benzene rings is 1. The summed E-state index contributed by atoms with van der Waals surface area (Å²) in [6.45, 7) is 5.40. The molecule has 2 unspecified atom stereocenters. The van der Waals surface area contributed by atoms with Crippen molar-refractivity contribution in [1.29, 1.82) is 0 Å². The average molecular weight is 225 g/mol. The smallest absolute Gasteiger partial charge is 0.0408 e. The second-order valence-electron chi connectivity index (χ2n) is 4.11. The molecule has 1 aliphatic heterocycles. The highest BCUT2D eigenvalue weighted by Crippen LogP contribution is 2.22. The highest BCUT2D eigenvalue weighted by molar-refractivity contribution is 6.30. The van der Waals surface area contributed by atoms with Gasteiger partial charge in [-0.05, 0) is 23.6 Å². The third-order valence-corrected chi connectivity index (χ3v) is 3.29. The highest BCUT2D eigenvalue weighted by atomic mass is 35.5. The van der Waals surface area contributed by atoms with Crippen LogP contribution in [-0.2, 0) is 0 Å². The molecular formula is C12H17ClN2. The first-order valence-corrected chi connectivity index (χ1v) is 5.85. The average Bonchev–Trinajstić information content (AvgIpc) is 2.29. The first-order valence-electron chi connectivity index (χ1n) is 5.47. The summed E-state index contributed by atoms with van der Waals surface area (Å²) in [5.74, 6) is 0.497. The van der Waals surface area contributed by atoms with Crippen molar-refractivity contribution in [1.82, 2.24) is 10.6 Å². The maximum absolute atomic E-state index is 5.99. The van der Waals surface area contributed by atoms with E-state index in [4.69, 9.17) is 11.6 Å². The van der Waals surface area contributed by atoms with Crippen LogP contribution in [0, 0.1) is 0 Å². The molecule has 2 rings (SSSR count). The molecule has 15 heavy (non-hydrogen) atoms. The Morgan fingerprint density at radius 1 is 1.40 bits per heavy atom. The maximum atomic E-state index is 5.99. The molecule has 1 fully saturated rings. The van der Waals surface area contributed by atoms with Crippen LogP contribution in [0.5, 0.6) is 0 Å². The molecule has 0 bridgehead atoms. The Kier molecular flexibility index (Phi) is 3.62. The van der Waals surface area contributed by atoms with Crippen molar-refractivity contribution < 1.29 is 0 Å². The molecule has 1 heterocycles. The van der Waals surface area contributed by atoms with Gasteiger partial charge in [-0.2, -0.15) is 0 Å². The summed E-state index contributed by atoms with van der Waals surface area (Å²) in [7, 11) is 0. The number of rotatable bonds is 2. The summed E-state index contributed by atoms with van der Waals surface area (Å²) in [5.41, 5.74) is 1.31. The predicted octanol–water partition coefficient (Wildman–Crippen LogP) is 2.00. The van der Waals surface area contributed by atoms with Crippen LogP contribution in [0.2, 0.25) is 5.02 Å². The Bertz CT molecular complexity index is 321. The molecule has 0 saturated carbocycles. The molecule has 1 aromatic rings. The molecule has 2 atom stereocenters. The Labute approximate surface area is 96.0 Å². The molecular weight excluding hydrogens is 208 g/mol. The summed E-state index contributed by atoms with van der Waals surface area (Å²) in [5, 5.41) is 7.76. The molecule has 1 saturated heterocycles. The molecule has 1 aliphatic rings. The van der Waals surface area contributed by atoms with Gasteiger partial charge in [-0.25, -0.2) is 0 Å². The monoisotopic (exact) mass is 224 g/mol. The fraction of sp³-hybridized carbons (Fsp3) is 0.500. The largest absolute Gasteiger partial charge is 0.314 e. The van der Waals surface area contributed by atoms with Crippen molar-refractivity contribution in [3.63, 3.8) is 0 Å². The lowest BCUT2D eigenvalue weighted by molar-refractivity contribution is 0.378. The van der Waals surface area contributed by atoms with Gasteiger partial charge in [0.15, 0.2) is 0 Å². The predicted molar refractivity (Wildman–Crippen MR) is 64.5 cm³/mol. The minimum absolute atomic E-state index is 0.497. The van der Waals surface area contributed by atoms with Gasteiger partial charge >= 0.3 is 0 Å². The number of piperazine rings is 1. The van der Waals surface area contributed by atoms with E-state index in [1.165, 1.54) is 5.56 Å². The van der Waals surface area contributed by atoms with Crippen LogP contribution in [-0.4, -0.2) is 25.7 Å². The van der Waals surface area contributed by atoms with Gasteiger partial charge in [-0.3, -0.25) is 0 Å². The van der Waals surface area contributed by atoms with Crippen LogP contribution in [0.25, 0.3) is 0 Å². The van der Waals surface area contributed by atoms with Gasteiger partial charge < -0.3 is 10.6 Å². The van der Waals surface area contributed by atoms with E-state index in [9.17, 15) is 0 Å². The fourth-order valence-electron chi connectivity index (χ4n) is 2.05. The minimum Gasteiger partial charge on any atom is -0.314 e. The van der Waals surface area contributed by atoms with Gasteiger partial charge in [0.2, 0.25) is 0 Å². The molecule has 0 radical (unpaired) electrons. The molecule has 0 aliphatic carbocycles. The Morgan fingerprint density at radius 3 is 2.93 bits per heavy atom. The van der Waals surface area contributed by atoms with Crippen molar-refractivity contribution in [2.75, 3.05) is 19.6 Å². The lowest BCUT2D eigenvalue weighted by atomic mass is 9.92. The second kappa shape index (κ2) is 4.97. The summed E-state index contributed by atoms with van der Waals surface area (Å²) < 4.78 is 0. The van der Waals surface area contributed by atoms with E-state index in [-0.39, 0.29) is 0 Å². The van der Waals surface area contributed by atoms with E-state index in [1.807, 2.05) is 12.1 Å². The summed E-state index contributed by atoms with van der Waals surface area (Å²) in [6, 6.07) is 8.65. The summed E-state index contributed by atoms with van der Waals surface area (Å²) in [6.07, 6.45) is 0. The number of hydrogen-bond donors (Lipinski definition) is 2. The number of halogens is 1. The lowest BCUT2D eigenvalue weighted by Gasteiger charge is -2.30. The third kappa shape index (κ3) is 2.71. The Balaban J connectivity index is 2.08. The molecule has 1 aromatic carbocycles. The zero-order valence-electron chi connectivity index (χ0n) is 8.96. The third-order valence-electron chi connectivity index (χ3n) is 3.05. The number of nitrogens with one attached hydrogen (secondary N) is 2. The minimum atomic E-state index is 0.497. The zero-order chi connectivity index (χ0) is 10.7. The van der Waals surface area contributed by atoms with Gasteiger partial charge in [0.05, 0.1) is 0 Å². The number of hydrogen-bond acceptors (Lipinski definition) is 2. The molecule has 2 N–H and O–H groups in total. The highest BCUT2D eigenvalue weighted by Gasteiger charge is 2.20. The molecule has 2 nitrogen and oxygen atoms in total. The quantitative estimate of drug-likeness (QED) is 0.803. The van der Waals surface area contributed by atoms with Crippen LogP contribution in [0.3, 0.4) is 0 Å². The van der Waals surface area contributed by atoms with Crippen LogP contribution in [0.1, 0.15) is 18.4 Å². The van der Waals surface area contributed by atoms with Gasteiger partial charge in [0, 0.05) is 30.7 Å². The van der Waals surface area contributed by atoms with Crippen LogP contribution in [0.4, 0.5) is 0 Å². The summed E-state index contributed by atoms with van der Waals surface area (Å²) >= 11 is 5.99. The van der Waals surface area contributed by atoms with E-state index in [1.54, 1.807) is 0 Å². The van der Waals surface area contributed by atoms with Gasteiger partial charge in [-0.15, -0.1) is 0 Å². The van der Waals surface area contributed by atoms with Crippen molar-refractivity contribution >= 4 is 11.6 Å². The van der Waals surface area contributed by atoms with Gasteiger partial charge in [0.25, 0.3) is 0 Å². The van der Waals surface area contributed by atoms with Crippen molar-refractivity contribution in [2.45, 2.75) is 18.9 Å². The standard InChI is InChI=1S/C12H17ClN2/c1-9(12-8-14-5-6-15-12)10-3-2-4-11(13)7-10/h2-4,7,9,12,14-15H,5-6,8H2,1H3. The zero-order valence-corrected chi connectivity index (χ0v) is 9.72. The van der Waals surface area contributed by atoms with Crippen LogP contribution < -0.4 is 10.6 Å². The summed E-state index contributed by atoms with van der Waals surface area (Å²) in [4.78, 5) is 0. The van der Waals surface area contributed by atoms with E-state index >= 15 is 0 Å². The van der Waals surface area contributed by atoms with E-state index in [2.05, 4.69) is 29.7 Å². The van der Waals surface area contributed by atoms with Gasteiger partial charge in [-0.1, -0.05) is 30.7 Å². The van der Waals surface area contributed by atoms with Gasteiger partial charge in [0.1, 0.15) is 0 Å². The molecule has 3 heteroatoms. The van der Waals surface area contributed by atoms with Crippen molar-refractivity contribution in [3.8, 4) is 0 Å². The van der Waals surface area contributed by atoms with Crippen molar-refractivity contribution in [3.05, 3.63) is 34.9 Å². The molecule has 0 spiro atoms. The maximum Gasteiger partial charge on any atom is 0.0408 e. The van der Waals surface area contributed by atoms with Crippen LogP contribution in [0.15, 0.2) is 24.3 Å². The van der Waals surface area contributed by atoms with E-state index in [0.717, 1.165) is 24.7 Å². The SMILES string of the molecule is CC(c1cccc(Cl)c1)C1CNCCN1. The molecule has 0 amide bonds. The first kappa shape index (κ1) is 10.9. The van der Waals surface area contributed by atoms with E-state index in [0.29, 0.717) is 12.0 Å². The Morgan fingerprint density at radius 2 is 2.27 bits per heavy atom. The van der Waals surface area contributed by atoms with Crippen molar-refractivity contribution in [2.24, 2.45) is 0 Å². The van der Waals surface area contributed by atoms with E-state index < -0.39 is 0 Å². The normalized spacial score (nSPS) is 23.7. The lowest BCUT2D eigenvalue weighted by Crippen LogP contribution is -2.50. The Hall–Kier alpha value is -0.570. The van der Waals surface area contributed by atoms with Crippen LogP contribution >= 0.6 is 11.6 Å². The second-order valence-corrected chi connectivity index (χ2v) is 4.54. The molecule has 82 valence electrons. The molecule has 0 aromatic heterocycles.